The van der Waals surface area contributed by atoms with Gasteiger partial charge in [0.15, 0.2) is 6.29 Å². The summed E-state index contributed by atoms with van der Waals surface area (Å²) in [5, 5.41) is 12.0. The first-order chi connectivity index (χ1) is 9.23. The predicted molar refractivity (Wildman–Crippen MR) is 75.0 cm³/mol. The highest BCUT2D eigenvalue weighted by Gasteiger charge is 2.18. The third kappa shape index (κ3) is 5.27. The van der Waals surface area contributed by atoms with Gasteiger partial charge in [-0.1, -0.05) is 13.0 Å². The van der Waals surface area contributed by atoms with Crippen molar-refractivity contribution in [1.29, 1.82) is 0 Å². The molecule has 0 aliphatic heterocycles. The Morgan fingerprint density at radius 2 is 2.10 bits per heavy atom. The zero-order chi connectivity index (χ0) is 15.3. The lowest BCUT2D eigenvalue weighted by atomic mass is 10.1. The summed E-state index contributed by atoms with van der Waals surface area (Å²) in [7, 11) is 0. The summed E-state index contributed by atoms with van der Waals surface area (Å²) < 4.78 is 19.0. The molecule has 1 rings (SSSR count). The van der Waals surface area contributed by atoms with E-state index >= 15 is 0 Å². The van der Waals surface area contributed by atoms with Crippen LogP contribution in [0.3, 0.4) is 0 Å². The van der Waals surface area contributed by atoms with Crippen LogP contribution in [-0.4, -0.2) is 29.4 Å². The summed E-state index contributed by atoms with van der Waals surface area (Å²) in [6.07, 6.45) is -0.423. The number of carbonyl (C=O) groups excluding carboxylic acids is 1. The van der Waals surface area contributed by atoms with Gasteiger partial charge in [0.25, 0.3) is 5.91 Å². The minimum atomic E-state index is -1.13. The van der Waals surface area contributed by atoms with Gasteiger partial charge in [-0.15, -0.1) is 0 Å². The molecule has 0 saturated heterocycles. The van der Waals surface area contributed by atoms with Gasteiger partial charge in [0.05, 0.1) is 17.7 Å². The zero-order valence-corrected chi connectivity index (χ0v) is 12.4. The summed E-state index contributed by atoms with van der Waals surface area (Å²) in [6.45, 7) is 7.20. The molecular weight excluding hydrogens is 261 g/mol. The molecule has 0 bridgehead atoms. The Balaban J connectivity index is 2.59. The number of rotatable bonds is 5. The van der Waals surface area contributed by atoms with Gasteiger partial charge >= 0.3 is 0 Å². The van der Waals surface area contributed by atoms with E-state index in [1.54, 1.807) is 26.8 Å². The molecule has 1 amide bonds. The predicted octanol–water partition coefficient (Wildman–Crippen LogP) is 2.25. The van der Waals surface area contributed by atoms with Crippen molar-refractivity contribution in [1.82, 2.24) is 5.32 Å². The Morgan fingerprint density at radius 3 is 2.60 bits per heavy atom. The number of aliphatic hydroxyl groups excluding tert-OH is 1. The van der Waals surface area contributed by atoms with E-state index in [9.17, 15) is 14.3 Å². The van der Waals surface area contributed by atoms with Crippen molar-refractivity contribution in [3.63, 3.8) is 0 Å². The van der Waals surface area contributed by atoms with Crippen molar-refractivity contribution in [2.45, 2.75) is 46.0 Å². The highest BCUT2D eigenvalue weighted by molar-refractivity contribution is 5.94. The summed E-state index contributed by atoms with van der Waals surface area (Å²) in [5.41, 5.74) is 0.276. The smallest absolute Gasteiger partial charge is 0.254 e. The normalized spacial score (nSPS) is 13.1. The second kappa shape index (κ2) is 6.81. The maximum atomic E-state index is 13.7. The highest BCUT2D eigenvalue weighted by Crippen LogP contribution is 2.12. The van der Waals surface area contributed by atoms with Gasteiger partial charge in [0.1, 0.15) is 5.82 Å². The fourth-order valence-electron chi connectivity index (χ4n) is 1.69. The van der Waals surface area contributed by atoms with Crippen molar-refractivity contribution in [2.24, 2.45) is 0 Å². The molecule has 112 valence electrons. The third-order valence-corrected chi connectivity index (χ3v) is 2.61. The minimum Gasteiger partial charge on any atom is -0.366 e. The fourth-order valence-corrected chi connectivity index (χ4v) is 1.69. The number of nitrogens with one attached hydrogen (secondary N) is 1. The summed E-state index contributed by atoms with van der Waals surface area (Å²) >= 11 is 0. The van der Waals surface area contributed by atoms with Crippen molar-refractivity contribution in [3.8, 4) is 0 Å². The average Bonchev–Trinajstić information content (AvgIpc) is 2.33. The molecule has 0 fully saturated rings. The van der Waals surface area contributed by atoms with Crippen molar-refractivity contribution >= 4 is 5.91 Å². The number of aryl methyl sites for hydroxylation is 1. The van der Waals surface area contributed by atoms with E-state index in [2.05, 4.69) is 5.32 Å². The maximum Gasteiger partial charge on any atom is 0.254 e. The monoisotopic (exact) mass is 283 g/mol. The Labute approximate surface area is 119 Å². The van der Waals surface area contributed by atoms with E-state index < -0.39 is 23.6 Å². The fraction of sp³-hybridized carbons (Fsp3) is 0.533. The standard InChI is InChI=1S/C15H22FNO3/c1-5-10-6-7-11(12(16)8-10)14(19)17-9-13(18)20-15(2,3)4/h6-8,13,18H,5,9H2,1-4H3,(H,17,19). The number of ether oxygens (including phenoxy) is 1. The van der Waals surface area contributed by atoms with E-state index in [4.69, 9.17) is 4.74 Å². The molecule has 0 saturated carbocycles. The topological polar surface area (TPSA) is 58.6 Å². The van der Waals surface area contributed by atoms with Gasteiger partial charge in [0.2, 0.25) is 0 Å². The lowest BCUT2D eigenvalue weighted by Gasteiger charge is -2.24. The van der Waals surface area contributed by atoms with Crippen LogP contribution in [0.5, 0.6) is 0 Å². The number of aliphatic hydroxyl groups is 1. The molecule has 2 N–H and O–H groups in total. The zero-order valence-electron chi connectivity index (χ0n) is 12.4. The van der Waals surface area contributed by atoms with Crippen LogP contribution in [-0.2, 0) is 11.2 Å². The summed E-state index contributed by atoms with van der Waals surface area (Å²) in [5.74, 6) is -1.13. The van der Waals surface area contributed by atoms with Crippen LogP contribution < -0.4 is 5.32 Å². The number of amides is 1. The molecule has 5 heteroatoms. The molecule has 4 nitrogen and oxygen atoms in total. The second-order valence-electron chi connectivity index (χ2n) is 5.56. The van der Waals surface area contributed by atoms with Crippen LogP contribution in [0.2, 0.25) is 0 Å². The van der Waals surface area contributed by atoms with E-state index in [0.29, 0.717) is 6.42 Å². The third-order valence-electron chi connectivity index (χ3n) is 2.61. The number of hydrogen-bond acceptors (Lipinski definition) is 3. The van der Waals surface area contributed by atoms with Gasteiger partial charge in [-0.3, -0.25) is 4.79 Å². The summed E-state index contributed by atoms with van der Waals surface area (Å²) in [6, 6.07) is 4.50. The Kier molecular flexibility index (Phi) is 5.65. The first-order valence-corrected chi connectivity index (χ1v) is 6.65. The molecule has 1 aromatic rings. The maximum absolute atomic E-state index is 13.7. The van der Waals surface area contributed by atoms with Gasteiger partial charge in [-0.2, -0.15) is 0 Å². The van der Waals surface area contributed by atoms with E-state index in [-0.39, 0.29) is 12.1 Å². The molecule has 20 heavy (non-hydrogen) atoms. The lowest BCUT2D eigenvalue weighted by molar-refractivity contribution is -0.161. The van der Waals surface area contributed by atoms with Crippen LogP contribution in [0.15, 0.2) is 18.2 Å². The molecule has 0 aliphatic rings. The number of halogens is 1. The number of carbonyl (C=O) groups is 1. The van der Waals surface area contributed by atoms with Crippen LogP contribution in [0.25, 0.3) is 0 Å². The molecule has 0 aliphatic carbocycles. The lowest BCUT2D eigenvalue weighted by Crippen LogP contribution is -2.38. The van der Waals surface area contributed by atoms with Gasteiger partial charge in [-0.25, -0.2) is 4.39 Å². The highest BCUT2D eigenvalue weighted by atomic mass is 19.1. The van der Waals surface area contributed by atoms with E-state index in [0.717, 1.165) is 5.56 Å². The molecule has 1 unspecified atom stereocenters. The quantitative estimate of drug-likeness (QED) is 0.815. The van der Waals surface area contributed by atoms with Crippen LogP contribution >= 0.6 is 0 Å². The van der Waals surface area contributed by atoms with Gasteiger partial charge < -0.3 is 15.2 Å². The summed E-state index contributed by atoms with van der Waals surface area (Å²) in [4.78, 5) is 11.8. The first-order valence-electron chi connectivity index (χ1n) is 6.65. The molecule has 0 spiro atoms. The Morgan fingerprint density at radius 1 is 1.45 bits per heavy atom. The van der Waals surface area contributed by atoms with Crippen molar-refractivity contribution < 1.29 is 19.0 Å². The SMILES string of the molecule is CCc1ccc(C(=O)NCC(O)OC(C)(C)C)c(F)c1. The number of benzene rings is 1. The molecule has 0 heterocycles. The van der Waals surface area contributed by atoms with Crippen LogP contribution in [0.4, 0.5) is 4.39 Å². The van der Waals surface area contributed by atoms with Gasteiger partial charge in [0, 0.05) is 0 Å². The van der Waals surface area contributed by atoms with E-state index in [1.807, 2.05) is 6.92 Å². The second-order valence-corrected chi connectivity index (χ2v) is 5.56. The molecule has 0 radical (unpaired) electrons. The Hall–Kier alpha value is -1.46. The van der Waals surface area contributed by atoms with Crippen LogP contribution in [0, 0.1) is 5.82 Å². The van der Waals surface area contributed by atoms with Crippen molar-refractivity contribution in [2.75, 3.05) is 6.54 Å². The number of hydrogen-bond donors (Lipinski definition) is 2. The molecular formula is C15H22FNO3. The molecule has 0 aromatic heterocycles. The molecule has 1 atom stereocenters. The largest absolute Gasteiger partial charge is 0.366 e. The minimum absolute atomic E-state index is 0.0369. The van der Waals surface area contributed by atoms with Gasteiger partial charge in [-0.05, 0) is 44.9 Å². The molecule has 1 aromatic carbocycles. The van der Waals surface area contributed by atoms with E-state index in [1.165, 1.54) is 12.1 Å². The van der Waals surface area contributed by atoms with Crippen molar-refractivity contribution in [3.05, 3.63) is 35.1 Å². The van der Waals surface area contributed by atoms with Crippen LogP contribution in [0.1, 0.15) is 43.6 Å². The average molecular weight is 283 g/mol. The first kappa shape index (κ1) is 16.6. The Bertz CT molecular complexity index is 469.